The molecule has 2 heterocycles. The van der Waals surface area contributed by atoms with Crippen molar-refractivity contribution in [3.05, 3.63) is 83.8 Å². The summed E-state index contributed by atoms with van der Waals surface area (Å²) >= 11 is -0.150. The van der Waals surface area contributed by atoms with Crippen LogP contribution in [0.4, 0.5) is 13.2 Å². The standard InChI is InChI=1S/C25H23F3N4O4S/c1-33-23-14-21(6-5-19(23)15-34-13-12-32-11-10-29-31-32)35-16-20-17-36-24(30-20)9-4-18-2-7-22(8-3-18)37-25(26,27)28/h2-11,14,17H,12-13,15-16H2,1H3. The maximum absolute atomic E-state index is 12.4. The number of hydrogen-bond acceptors (Lipinski definition) is 8. The Morgan fingerprint density at radius 2 is 1.92 bits per heavy atom. The van der Waals surface area contributed by atoms with E-state index in [0.29, 0.717) is 42.8 Å². The predicted molar refractivity (Wildman–Crippen MR) is 131 cm³/mol. The number of ether oxygens (including phenoxy) is 3. The molecule has 0 aliphatic heterocycles. The lowest BCUT2D eigenvalue weighted by Gasteiger charge is -2.12. The van der Waals surface area contributed by atoms with Crippen LogP contribution in [0.1, 0.15) is 22.7 Å². The van der Waals surface area contributed by atoms with Gasteiger partial charge >= 0.3 is 5.51 Å². The van der Waals surface area contributed by atoms with Crippen molar-refractivity contribution in [2.24, 2.45) is 0 Å². The van der Waals surface area contributed by atoms with Crippen LogP contribution in [0.25, 0.3) is 12.2 Å². The van der Waals surface area contributed by atoms with E-state index in [-0.39, 0.29) is 23.3 Å². The zero-order valence-corrected chi connectivity index (χ0v) is 20.5. The number of methoxy groups -OCH3 is 1. The van der Waals surface area contributed by atoms with Crippen molar-refractivity contribution in [3.8, 4) is 11.5 Å². The van der Waals surface area contributed by atoms with E-state index in [1.807, 2.05) is 12.1 Å². The molecule has 0 radical (unpaired) electrons. The van der Waals surface area contributed by atoms with Crippen molar-refractivity contribution < 1.29 is 31.8 Å². The van der Waals surface area contributed by atoms with Gasteiger partial charge in [0.1, 0.15) is 30.1 Å². The van der Waals surface area contributed by atoms with Gasteiger partial charge in [-0.05, 0) is 47.7 Å². The lowest BCUT2D eigenvalue weighted by Crippen LogP contribution is -2.07. The van der Waals surface area contributed by atoms with Crippen LogP contribution in [0.15, 0.2) is 70.4 Å². The van der Waals surface area contributed by atoms with Crippen molar-refractivity contribution in [1.82, 2.24) is 20.0 Å². The van der Waals surface area contributed by atoms with Crippen LogP contribution in [0, 0.1) is 0 Å². The van der Waals surface area contributed by atoms with Gasteiger partial charge < -0.3 is 18.6 Å². The van der Waals surface area contributed by atoms with Gasteiger partial charge in [-0.25, -0.2) is 4.98 Å². The van der Waals surface area contributed by atoms with Gasteiger partial charge in [0, 0.05) is 28.8 Å². The molecule has 0 saturated carbocycles. The van der Waals surface area contributed by atoms with Gasteiger partial charge in [0.2, 0.25) is 5.89 Å². The van der Waals surface area contributed by atoms with Crippen LogP contribution < -0.4 is 9.47 Å². The Morgan fingerprint density at radius 1 is 1.08 bits per heavy atom. The monoisotopic (exact) mass is 532 g/mol. The summed E-state index contributed by atoms with van der Waals surface area (Å²) in [7, 11) is 1.58. The Hall–Kier alpha value is -3.77. The molecule has 4 aromatic rings. The van der Waals surface area contributed by atoms with Crippen molar-refractivity contribution in [3.63, 3.8) is 0 Å². The highest BCUT2D eigenvalue weighted by Gasteiger charge is 2.28. The summed E-state index contributed by atoms with van der Waals surface area (Å²) in [5.74, 6) is 1.59. The Kier molecular flexibility index (Phi) is 8.86. The second-order valence-electron chi connectivity index (χ2n) is 7.61. The summed E-state index contributed by atoms with van der Waals surface area (Å²) in [6.45, 7) is 1.64. The molecule has 0 atom stereocenters. The molecule has 0 fully saturated rings. The number of benzene rings is 2. The number of nitrogens with zero attached hydrogens (tertiary/aromatic N) is 4. The van der Waals surface area contributed by atoms with E-state index in [4.69, 9.17) is 18.6 Å². The third-order valence-electron chi connectivity index (χ3n) is 4.94. The van der Waals surface area contributed by atoms with E-state index < -0.39 is 5.51 Å². The molecule has 37 heavy (non-hydrogen) atoms. The molecule has 0 unspecified atom stereocenters. The predicted octanol–water partition coefficient (Wildman–Crippen LogP) is 5.85. The molecule has 0 amide bonds. The van der Waals surface area contributed by atoms with E-state index >= 15 is 0 Å². The van der Waals surface area contributed by atoms with Crippen LogP contribution >= 0.6 is 11.8 Å². The topological polar surface area (TPSA) is 84.4 Å². The Bertz CT molecular complexity index is 1290. The summed E-state index contributed by atoms with van der Waals surface area (Å²) in [6, 6.07) is 11.5. The summed E-state index contributed by atoms with van der Waals surface area (Å²) in [5.41, 5.74) is -2.13. The Balaban J connectivity index is 1.26. The maximum atomic E-state index is 12.4. The minimum absolute atomic E-state index is 0.126. The highest BCUT2D eigenvalue weighted by molar-refractivity contribution is 8.00. The van der Waals surface area contributed by atoms with Gasteiger partial charge in [-0.3, -0.25) is 4.68 Å². The minimum atomic E-state index is -4.31. The molecule has 8 nitrogen and oxygen atoms in total. The van der Waals surface area contributed by atoms with Gasteiger partial charge in [-0.2, -0.15) is 13.2 Å². The molecule has 4 rings (SSSR count). The molecule has 2 aromatic heterocycles. The fraction of sp³-hybridized carbons (Fsp3) is 0.240. The summed E-state index contributed by atoms with van der Waals surface area (Å²) in [4.78, 5) is 4.47. The normalized spacial score (nSPS) is 11.8. The van der Waals surface area contributed by atoms with Crippen LogP contribution in [0.2, 0.25) is 0 Å². The highest BCUT2D eigenvalue weighted by Crippen LogP contribution is 2.36. The lowest BCUT2D eigenvalue weighted by atomic mass is 10.2. The number of hydrogen-bond donors (Lipinski definition) is 0. The number of halogens is 3. The molecule has 0 bridgehead atoms. The van der Waals surface area contributed by atoms with Crippen molar-refractivity contribution in [1.29, 1.82) is 0 Å². The molecule has 0 saturated heterocycles. The summed E-state index contributed by atoms with van der Waals surface area (Å²) in [5, 5.41) is 7.64. The number of aromatic nitrogens is 4. The van der Waals surface area contributed by atoms with Gasteiger partial charge in [-0.1, -0.05) is 17.3 Å². The maximum Gasteiger partial charge on any atom is 0.446 e. The van der Waals surface area contributed by atoms with Crippen LogP contribution in [0.5, 0.6) is 11.5 Å². The number of alkyl halides is 3. The largest absolute Gasteiger partial charge is 0.496 e. The van der Waals surface area contributed by atoms with Crippen molar-refractivity contribution >= 4 is 23.9 Å². The third-order valence-corrected chi connectivity index (χ3v) is 5.68. The third kappa shape index (κ3) is 8.40. The van der Waals surface area contributed by atoms with E-state index in [9.17, 15) is 13.2 Å². The summed E-state index contributed by atoms with van der Waals surface area (Å²) < 4.78 is 61.4. The first-order valence-corrected chi connectivity index (χ1v) is 11.9. The second-order valence-corrected chi connectivity index (χ2v) is 8.75. The van der Waals surface area contributed by atoms with Gasteiger partial charge in [0.25, 0.3) is 0 Å². The van der Waals surface area contributed by atoms with Gasteiger partial charge in [0.15, 0.2) is 0 Å². The van der Waals surface area contributed by atoms with Crippen molar-refractivity contribution in [2.75, 3.05) is 13.7 Å². The average molecular weight is 533 g/mol. The Labute approximate surface area is 215 Å². The molecule has 2 aromatic carbocycles. The highest BCUT2D eigenvalue weighted by atomic mass is 32.2. The molecule has 0 spiro atoms. The first-order chi connectivity index (χ1) is 17.9. The number of rotatable bonds is 12. The lowest BCUT2D eigenvalue weighted by molar-refractivity contribution is -0.0328. The molecular formula is C25H23F3N4O4S. The molecule has 12 heteroatoms. The fourth-order valence-corrected chi connectivity index (χ4v) is 3.74. The van der Waals surface area contributed by atoms with E-state index in [1.165, 1.54) is 18.4 Å². The molecule has 0 N–H and O–H groups in total. The van der Waals surface area contributed by atoms with Crippen molar-refractivity contribution in [2.45, 2.75) is 30.2 Å². The SMILES string of the molecule is COc1cc(OCc2coc(C=Cc3ccc(SC(F)(F)F)cc3)n2)ccc1COCCn1ccnn1. The molecule has 0 aliphatic carbocycles. The summed E-state index contributed by atoms with van der Waals surface area (Å²) in [6.07, 6.45) is 8.21. The zero-order valence-electron chi connectivity index (χ0n) is 19.7. The minimum Gasteiger partial charge on any atom is -0.496 e. The first kappa shape index (κ1) is 26.3. The van der Waals surface area contributed by atoms with E-state index in [0.717, 1.165) is 11.1 Å². The number of thioether (sulfide) groups is 1. The Morgan fingerprint density at radius 3 is 2.65 bits per heavy atom. The van der Waals surface area contributed by atoms with Crippen LogP contribution in [-0.2, 0) is 24.5 Å². The fourth-order valence-electron chi connectivity index (χ4n) is 3.20. The zero-order chi connectivity index (χ0) is 26.1. The molecular weight excluding hydrogens is 509 g/mol. The molecule has 0 aliphatic rings. The first-order valence-electron chi connectivity index (χ1n) is 11.1. The number of oxazole rings is 1. The van der Waals surface area contributed by atoms with E-state index in [1.54, 1.807) is 54.5 Å². The van der Waals surface area contributed by atoms with Crippen LogP contribution in [0.3, 0.4) is 0 Å². The quantitative estimate of drug-likeness (QED) is 0.166. The molecule has 194 valence electrons. The average Bonchev–Trinajstić information content (AvgIpc) is 3.56. The smallest absolute Gasteiger partial charge is 0.446 e. The second kappa shape index (κ2) is 12.5. The van der Waals surface area contributed by atoms with Gasteiger partial charge in [0.05, 0.1) is 33.1 Å². The van der Waals surface area contributed by atoms with Crippen LogP contribution in [-0.4, -0.2) is 39.2 Å². The van der Waals surface area contributed by atoms with Gasteiger partial charge in [-0.15, -0.1) is 5.10 Å². The van der Waals surface area contributed by atoms with E-state index in [2.05, 4.69) is 15.3 Å².